The average Bonchev–Trinajstić information content (AvgIpc) is 3.44. The zero-order valence-corrected chi connectivity index (χ0v) is 22.6. The fraction of sp³-hybridized carbons (Fsp3) is 0.0244. The van der Waals surface area contributed by atoms with Gasteiger partial charge in [0.25, 0.3) is 0 Å². The zero-order chi connectivity index (χ0) is 26.9. The summed E-state index contributed by atoms with van der Waals surface area (Å²) in [6, 6.07) is 53.9. The minimum atomic E-state index is 0.977. The first-order chi connectivity index (χ1) is 20.3. The highest BCUT2D eigenvalue weighted by Gasteiger charge is 2.23. The Bertz CT molecular complexity index is 2300. The van der Waals surface area contributed by atoms with E-state index in [1.807, 2.05) is 0 Å². The maximum absolute atomic E-state index is 2.39. The van der Waals surface area contributed by atoms with Crippen molar-refractivity contribution in [2.45, 2.75) is 6.42 Å². The molecule has 0 atom stereocenters. The molecule has 0 amide bonds. The Kier molecular flexibility index (Phi) is 4.77. The number of hydrogen-bond acceptors (Lipinski definition) is 0. The highest BCUT2D eigenvalue weighted by molar-refractivity contribution is 6.25. The van der Waals surface area contributed by atoms with Crippen LogP contribution in [-0.2, 0) is 6.42 Å². The third kappa shape index (κ3) is 3.34. The fourth-order valence-electron chi connectivity index (χ4n) is 7.21. The molecule has 0 bridgehead atoms. The summed E-state index contributed by atoms with van der Waals surface area (Å²) in [6.45, 7) is 0. The van der Waals surface area contributed by atoms with Gasteiger partial charge in [-0.2, -0.15) is 0 Å². The minimum Gasteiger partial charge on any atom is -0.0616 e. The fourth-order valence-corrected chi connectivity index (χ4v) is 7.21. The minimum absolute atomic E-state index is 0.977. The molecular formula is C41H26. The molecule has 1 aliphatic rings. The molecule has 0 radical (unpaired) electrons. The first-order valence-electron chi connectivity index (χ1n) is 14.4. The van der Waals surface area contributed by atoms with Crippen LogP contribution in [0.15, 0.2) is 146 Å². The van der Waals surface area contributed by atoms with Crippen molar-refractivity contribution >= 4 is 43.1 Å². The topological polar surface area (TPSA) is 0 Å². The van der Waals surface area contributed by atoms with Gasteiger partial charge in [-0.15, -0.1) is 0 Å². The number of fused-ring (bicyclic) bond motifs is 11. The predicted molar refractivity (Wildman–Crippen MR) is 176 cm³/mol. The maximum Gasteiger partial charge on any atom is -0.000705 e. The molecule has 8 aromatic carbocycles. The van der Waals surface area contributed by atoms with Crippen molar-refractivity contribution < 1.29 is 0 Å². The van der Waals surface area contributed by atoms with Crippen LogP contribution in [-0.4, -0.2) is 0 Å². The molecule has 0 saturated carbocycles. The SMILES string of the molecule is c1cc(-c2ccc3c4ccccc4c4ccccc4c3c2)cc(-c2cccc3c2Cc2ccc4ccccc4c2-3)c1. The van der Waals surface area contributed by atoms with Crippen LogP contribution in [0.25, 0.3) is 76.5 Å². The number of hydrogen-bond donors (Lipinski definition) is 0. The van der Waals surface area contributed by atoms with E-state index in [1.54, 1.807) is 0 Å². The number of rotatable bonds is 2. The average molecular weight is 519 g/mol. The first-order valence-corrected chi connectivity index (χ1v) is 14.4. The molecule has 0 fully saturated rings. The normalized spacial score (nSPS) is 12.3. The second-order valence-electron chi connectivity index (χ2n) is 11.3. The summed E-state index contributed by atoms with van der Waals surface area (Å²) in [7, 11) is 0. The molecule has 0 saturated heterocycles. The molecule has 9 rings (SSSR count). The first kappa shape index (κ1) is 22.6. The van der Waals surface area contributed by atoms with E-state index in [-0.39, 0.29) is 0 Å². The van der Waals surface area contributed by atoms with E-state index >= 15 is 0 Å². The highest BCUT2D eigenvalue weighted by Crippen LogP contribution is 2.45. The smallest absolute Gasteiger partial charge is 0.000705 e. The van der Waals surface area contributed by atoms with Gasteiger partial charge in [0.05, 0.1) is 0 Å². The van der Waals surface area contributed by atoms with E-state index in [2.05, 4.69) is 146 Å². The lowest BCUT2D eigenvalue weighted by molar-refractivity contribution is 1.27. The van der Waals surface area contributed by atoms with Crippen LogP contribution in [0.5, 0.6) is 0 Å². The van der Waals surface area contributed by atoms with Crippen LogP contribution < -0.4 is 0 Å². The monoisotopic (exact) mass is 518 g/mol. The Morgan fingerprint density at radius 3 is 1.71 bits per heavy atom. The third-order valence-electron chi connectivity index (χ3n) is 9.08. The van der Waals surface area contributed by atoms with Crippen molar-refractivity contribution in [3.63, 3.8) is 0 Å². The lowest BCUT2D eigenvalue weighted by Gasteiger charge is -2.13. The molecule has 41 heavy (non-hydrogen) atoms. The summed E-state index contributed by atoms with van der Waals surface area (Å²) < 4.78 is 0. The van der Waals surface area contributed by atoms with E-state index in [4.69, 9.17) is 0 Å². The van der Waals surface area contributed by atoms with E-state index in [9.17, 15) is 0 Å². The second kappa shape index (κ2) is 8.65. The second-order valence-corrected chi connectivity index (χ2v) is 11.3. The molecule has 0 unspecified atom stereocenters. The van der Waals surface area contributed by atoms with Gasteiger partial charge in [0, 0.05) is 0 Å². The third-order valence-corrected chi connectivity index (χ3v) is 9.08. The van der Waals surface area contributed by atoms with Gasteiger partial charge in [-0.3, -0.25) is 0 Å². The molecule has 0 nitrogen and oxygen atoms in total. The van der Waals surface area contributed by atoms with Gasteiger partial charge < -0.3 is 0 Å². The van der Waals surface area contributed by atoms with Crippen molar-refractivity contribution in [2.24, 2.45) is 0 Å². The Labute approximate surface area is 239 Å². The predicted octanol–water partition coefficient (Wildman–Crippen LogP) is 11.2. The summed E-state index contributed by atoms with van der Waals surface area (Å²) in [5.41, 5.74) is 10.8. The van der Waals surface area contributed by atoms with Gasteiger partial charge in [0.15, 0.2) is 0 Å². The van der Waals surface area contributed by atoms with Gasteiger partial charge in [0.2, 0.25) is 0 Å². The molecule has 1 aliphatic carbocycles. The maximum atomic E-state index is 2.39. The van der Waals surface area contributed by atoms with E-state index in [0.29, 0.717) is 0 Å². The van der Waals surface area contributed by atoms with E-state index in [0.717, 1.165) is 6.42 Å². The van der Waals surface area contributed by atoms with Crippen LogP contribution in [0.3, 0.4) is 0 Å². The Morgan fingerprint density at radius 1 is 0.341 bits per heavy atom. The molecule has 8 aromatic rings. The van der Waals surface area contributed by atoms with Gasteiger partial charge in [-0.25, -0.2) is 0 Å². The van der Waals surface area contributed by atoms with Gasteiger partial charge in [0.1, 0.15) is 0 Å². The van der Waals surface area contributed by atoms with Crippen LogP contribution in [0, 0.1) is 0 Å². The molecule has 0 spiro atoms. The van der Waals surface area contributed by atoms with Crippen molar-refractivity contribution in [1.82, 2.24) is 0 Å². The van der Waals surface area contributed by atoms with Crippen LogP contribution in [0.2, 0.25) is 0 Å². The molecule has 0 N–H and O–H groups in total. The molecular weight excluding hydrogens is 492 g/mol. The standard InChI is InChI=1S/C41H26/c1-2-12-32-26(9-1)19-20-30-25-39-31(17-8-18-38(39)41(30)32)29-11-7-10-27(23-29)28-21-22-37-35-15-4-3-13-33(35)34-14-5-6-16-36(34)40(37)24-28/h1-24H,25H2. The summed E-state index contributed by atoms with van der Waals surface area (Å²) >= 11 is 0. The lowest BCUT2D eigenvalue weighted by atomic mass is 9.90. The quantitative estimate of drug-likeness (QED) is 0.200. The Balaban J connectivity index is 1.21. The summed E-state index contributed by atoms with van der Waals surface area (Å²) in [6.07, 6.45) is 0.977. The van der Waals surface area contributed by atoms with Crippen molar-refractivity contribution in [2.75, 3.05) is 0 Å². The highest BCUT2D eigenvalue weighted by atomic mass is 14.3. The summed E-state index contributed by atoms with van der Waals surface area (Å²) in [5, 5.41) is 10.5. The summed E-state index contributed by atoms with van der Waals surface area (Å²) in [4.78, 5) is 0. The van der Waals surface area contributed by atoms with Gasteiger partial charge in [-0.05, 0) is 106 Å². The van der Waals surface area contributed by atoms with Gasteiger partial charge >= 0.3 is 0 Å². The molecule has 0 aromatic heterocycles. The van der Waals surface area contributed by atoms with Crippen LogP contribution in [0.1, 0.15) is 11.1 Å². The Hall–Kier alpha value is -5.20. The zero-order valence-electron chi connectivity index (χ0n) is 22.6. The van der Waals surface area contributed by atoms with Crippen LogP contribution >= 0.6 is 0 Å². The Morgan fingerprint density at radius 2 is 0.927 bits per heavy atom. The molecule has 0 heteroatoms. The lowest BCUT2D eigenvalue weighted by Crippen LogP contribution is -1.89. The van der Waals surface area contributed by atoms with Gasteiger partial charge in [-0.1, -0.05) is 133 Å². The van der Waals surface area contributed by atoms with Crippen LogP contribution in [0.4, 0.5) is 0 Å². The summed E-state index contributed by atoms with van der Waals surface area (Å²) in [5.74, 6) is 0. The van der Waals surface area contributed by atoms with E-state index in [1.165, 1.54) is 87.6 Å². The molecule has 0 aliphatic heterocycles. The largest absolute Gasteiger partial charge is 0.0616 e. The molecule has 0 heterocycles. The van der Waals surface area contributed by atoms with Crippen molar-refractivity contribution in [3.05, 3.63) is 157 Å². The number of benzene rings is 8. The van der Waals surface area contributed by atoms with E-state index < -0.39 is 0 Å². The molecule has 190 valence electrons. The van der Waals surface area contributed by atoms with Crippen molar-refractivity contribution in [3.8, 4) is 33.4 Å². The van der Waals surface area contributed by atoms with Crippen molar-refractivity contribution in [1.29, 1.82) is 0 Å².